The second kappa shape index (κ2) is 13.7. The number of carbonyl (C=O) groups excluding carboxylic acids is 2. The molecule has 0 spiro atoms. The van der Waals surface area contributed by atoms with Crippen LogP contribution in [0, 0.1) is 5.92 Å². The molecule has 2 heterocycles. The third-order valence-corrected chi connectivity index (χ3v) is 7.31. The molecule has 0 saturated carbocycles. The molecule has 8 nitrogen and oxygen atoms in total. The number of unbranched alkanes of at least 4 members (excludes halogenated alkanes) is 1. The summed E-state index contributed by atoms with van der Waals surface area (Å²) in [4.78, 5) is 28.3. The Morgan fingerprint density at radius 2 is 1.85 bits per heavy atom. The molecular formula is C32H41NO7. The van der Waals surface area contributed by atoms with Crippen LogP contribution in [0.25, 0.3) is 5.76 Å². The lowest BCUT2D eigenvalue weighted by Crippen LogP contribution is -2.36. The van der Waals surface area contributed by atoms with Gasteiger partial charge in [-0.25, -0.2) is 0 Å². The molecule has 2 aliphatic rings. The molecule has 1 amide bonds. The highest BCUT2D eigenvalue weighted by atomic mass is 16.5. The molecule has 8 heteroatoms. The molecular weight excluding hydrogens is 510 g/mol. The van der Waals surface area contributed by atoms with E-state index in [2.05, 4.69) is 20.8 Å². The Labute approximate surface area is 236 Å². The first-order valence-corrected chi connectivity index (χ1v) is 14.3. The van der Waals surface area contributed by atoms with Gasteiger partial charge in [-0.05, 0) is 73.6 Å². The summed E-state index contributed by atoms with van der Waals surface area (Å²) in [6, 6.07) is 11.5. The first-order valence-electron chi connectivity index (χ1n) is 14.3. The quantitative estimate of drug-likeness (QED) is 0.143. The number of ketones is 1. The van der Waals surface area contributed by atoms with Gasteiger partial charge in [-0.2, -0.15) is 0 Å². The number of aliphatic hydroxyl groups excluding tert-OH is 1. The Kier molecular flexibility index (Phi) is 10.1. The molecule has 0 aliphatic carbocycles. The van der Waals surface area contributed by atoms with Gasteiger partial charge in [0.05, 0.1) is 38.0 Å². The molecule has 2 saturated heterocycles. The largest absolute Gasteiger partial charge is 0.507 e. The fraction of sp³-hybridized carbons (Fsp3) is 0.500. The van der Waals surface area contributed by atoms with E-state index in [1.165, 1.54) is 4.90 Å². The second-order valence-corrected chi connectivity index (χ2v) is 10.8. The van der Waals surface area contributed by atoms with Crippen molar-refractivity contribution >= 4 is 17.4 Å². The van der Waals surface area contributed by atoms with Gasteiger partial charge in [-0.3, -0.25) is 9.59 Å². The van der Waals surface area contributed by atoms with Crippen molar-refractivity contribution in [2.24, 2.45) is 5.92 Å². The summed E-state index contributed by atoms with van der Waals surface area (Å²) in [6.45, 7) is 8.39. The fourth-order valence-electron chi connectivity index (χ4n) is 5.00. The SMILES string of the molecule is CCCCOc1ccc(C(O)=C2C(=O)C(=O)N(C[C@H]3CCCO3)[C@@H]2c2ccc(OCCC(C)C)c(OC)c2)cc1. The zero-order valence-corrected chi connectivity index (χ0v) is 24.0. The molecule has 0 aromatic heterocycles. The molecule has 40 heavy (non-hydrogen) atoms. The average molecular weight is 552 g/mol. The average Bonchev–Trinajstić information content (AvgIpc) is 3.55. The first kappa shape index (κ1) is 29.5. The number of methoxy groups -OCH3 is 1. The van der Waals surface area contributed by atoms with Crippen LogP contribution in [0.5, 0.6) is 17.2 Å². The Hall–Kier alpha value is -3.52. The summed E-state index contributed by atoms with van der Waals surface area (Å²) >= 11 is 0. The Morgan fingerprint density at radius 3 is 2.50 bits per heavy atom. The minimum Gasteiger partial charge on any atom is -0.507 e. The van der Waals surface area contributed by atoms with E-state index in [0.29, 0.717) is 54.1 Å². The van der Waals surface area contributed by atoms with Gasteiger partial charge in [0.25, 0.3) is 11.7 Å². The fourth-order valence-corrected chi connectivity index (χ4v) is 5.00. The van der Waals surface area contributed by atoms with Crippen molar-refractivity contribution < 1.29 is 33.6 Å². The van der Waals surface area contributed by atoms with Gasteiger partial charge in [0, 0.05) is 18.7 Å². The molecule has 0 unspecified atom stereocenters. The Morgan fingerprint density at radius 1 is 1.07 bits per heavy atom. The lowest BCUT2D eigenvalue weighted by atomic mass is 9.94. The Balaban J connectivity index is 1.71. The molecule has 2 fully saturated rings. The van der Waals surface area contributed by atoms with E-state index in [-0.39, 0.29) is 24.0 Å². The standard InChI is InChI=1S/C32H41NO7/c1-5-6-16-38-24-12-9-22(10-13-24)30(34)28-29(33(32(36)31(28)35)20-25-8-7-17-39-25)23-11-14-26(27(19-23)37-4)40-18-15-21(2)3/h9-14,19,21,25,29,34H,5-8,15-18,20H2,1-4H3/t25-,29-/m1/s1. The summed E-state index contributed by atoms with van der Waals surface area (Å²) in [6.07, 6.45) is 4.42. The topological polar surface area (TPSA) is 94.5 Å². The van der Waals surface area contributed by atoms with E-state index in [1.54, 1.807) is 43.5 Å². The van der Waals surface area contributed by atoms with Gasteiger partial charge in [-0.15, -0.1) is 0 Å². The van der Waals surface area contributed by atoms with Crippen molar-refractivity contribution in [3.8, 4) is 17.2 Å². The molecule has 2 aromatic carbocycles. The number of likely N-dealkylation sites (tertiary alicyclic amines) is 1. The number of amides is 1. The molecule has 2 aliphatic heterocycles. The van der Waals surface area contributed by atoms with Crippen LogP contribution in [0.3, 0.4) is 0 Å². The van der Waals surface area contributed by atoms with Crippen LogP contribution in [0.1, 0.15) is 70.0 Å². The van der Waals surface area contributed by atoms with Gasteiger partial charge in [0.15, 0.2) is 11.5 Å². The van der Waals surface area contributed by atoms with E-state index >= 15 is 0 Å². The van der Waals surface area contributed by atoms with Crippen molar-refractivity contribution in [1.29, 1.82) is 0 Å². The van der Waals surface area contributed by atoms with Crippen LogP contribution in [0.15, 0.2) is 48.0 Å². The minimum atomic E-state index is -0.803. The Bertz CT molecular complexity index is 1200. The number of carbonyl (C=O) groups is 2. The monoisotopic (exact) mass is 551 g/mol. The van der Waals surface area contributed by atoms with E-state index < -0.39 is 17.7 Å². The lowest BCUT2D eigenvalue weighted by Gasteiger charge is -2.28. The van der Waals surface area contributed by atoms with Crippen molar-refractivity contribution in [3.05, 3.63) is 59.2 Å². The van der Waals surface area contributed by atoms with Crippen LogP contribution in [-0.4, -0.2) is 61.3 Å². The zero-order valence-electron chi connectivity index (χ0n) is 24.0. The van der Waals surface area contributed by atoms with Gasteiger partial charge < -0.3 is 29.0 Å². The minimum absolute atomic E-state index is 0.0400. The molecule has 216 valence electrons. The third kappa shape index (κ3) is 6.78. The summed E-state index contributed by atoms with van der Waals surface area (Å²) in [7, 11) is 1.56. The number of rotatable bonds is 13. The first-order chi connectivity index (χ1) is 19.3. The highest BCUT2D eigenvalue weighted by Crippen LogP contribution is 2.42. The van der Waals surface area contributed by atoms with E-state index in [1.807, 2.05) is 6.07 Å². The predicted octanol–water partition coefficient (Wildman–Crippen LogP) is 5.90. The van der Waals surface area contributed by atoms with Gasteiger partial charge in [-0.1, -0.05) is 33.3 Å². The van der Waals surface area contributed by atoms with Crippen LogP contribution in [-0.2, 0) is 14.3 Å². The summed E-state index contributed by atoms with van der Waals surface area (Å²) in [5.41, 5.74) is 1.12. The van der Waals surface area contributed by atoms with Crippen molar-refractivity contribution in [3.63, 3.8) is 0 Å². The summed E-state index contributed by atoms with van der Waals surface area (Å²) < 4.78 is 23.1. The number of hydrogen-bond donors (Lipinski definition) is 1. The number of benzene rings is 2. The van der Waals surface area contributed by atoms with Crippen LogP contribution in [0.4, 0.5) is 0 Å². The highest BCUT2D eigenvalue weighted by Gasteiger charge is 2.47. The molecule has 2 aromatic rings. The molecule has 4 rings (SSSR count). The van der Waals surface area contributed by atoms with E-state index in [0.717, 1.165) is 32.1 Å². The van der Waals surface area contributed by atoms with Crippen LogP contribution < -0.4 is 14.2 Å². The number of nitrogens with zero attached hydrogens (tertiary/aromatic N) is 1. The summed E-state index contributed by atoms with van der Waals surface area (Å²) in [5.74, 6) is 0.657. The number of Topliss-reactive ketones (excluding diaryl/α,β-unsaturated/α-hetero) is 1. The van der Waals surface area contributed by atoms with E-state index in [9.17, 15) is 14.7 Å². The summed E-state index contributed by atoms with van der Waals surface area (Å²) in [5, 5.41) is 11.4. The van der Waals surface area contributed by atoms with Gasteiger partial charge >= 0.3 is 0 Å². The van der Waals surface area contributed by atoms with Crippen LogP contribution >= 0.6 is 0 Å². The third-order valence-electron chi connectivity index (χ3n) is 7.31. The van der Waals surface area contributed by atoms with Crippen LogP contribution in [0.2, 0.25) is 0 Å². The maximum absolute atomic E-state index is 13.4. The van der Waals surface area contributed by atoms with Gasteiger partial charge in [0.1, 0.15) is 11.5 Å². The lowest BCUT2D eigenvalue weighted by molar-refractivity contribution is -0.140. The van der Waals surface area contributed by atoms with Crippen molar-refractivity contribution in [1.82, 2.24) is 4.90 Å². The number of hydrogen-bond acceptors (Lipinski definition) is 7. The molecule has 0 bridgehead atoms. The maximum atomic E-state index is 13.4. The molecule has 0 radical (unpaired) electrons. The maximum Gasteiger partial charge on any atom is 0.295 e. The predicted molar refractivity (Wildman–Crippen MR) is 153 cm³/mol. The number of aliphatic hydroxyl groups is 1. The molecule has 2 atom stereocenters. The number of ether oxygens (including phenoxy) is 4. The zero-order chi connectivity index (χ0) is 28.6. The van der Waals surface area contributed by atoms with Gasteiger partial charge in [0.2, 0.25) is 0 Å². The van der Waals surface area contributed by atoms with Crippen molar-refractivity contribution in [2.75, 3.05) is 33.5 Å². The second-order valence-electron chi connectivity index (χ2n) is 10.8. The highest BCUT2D eigenvalue weighted by molar-refractivity contribution is 6.46. The molecule has 1 N–H and O–H groups in total. The normalized spacial score (nSPS) is 20.4. The van der Waals surface area contributed by atoms with E-state index in [4.69, 9.17) is 18.9 Å². The smallest absolute Gasteiger partial charge is 0.295 e. The van der Waals surface area contributed by atoms with Crippen molar-refractivity contribution in [2.45, 2.75) is 65.0 Å².